The fourth-order valence-electron chi connectivity index (χ4n) is 2.09. The Bertz CT molecular complexity index is 586. The average Bonchev–Trinajstić information content (AvgIpc) is 2.54. The van der Waals surface area contributed by atoms with Crippen molar-refractivity contribution in [1.29, 1.82) is 0 Å². The second-order valence-electron chi connectivity index (χ2n) is 5.12. The van der Waals surface area contributed by atoms with Crippen molar-refractivity contribution in [2.45, 2.75) is 12.5 Å². The number of methoxy groups -OCH3 is 1. The van der Waals surface area contributed by atoms with E-state index in [-0.39, 0.29) is 13.2 Å². The molecule has 0 aromatic heterocycles. The van der Waals surface area contributed by atoms with E-state index in [2.05, 4.69) is 0 Å². The highest BCUT2D eigenvalue weighted by Gasteiger charge is 2.28. The van der Waals surface area contributed by atoms with Gasteiger partial charge in [0.1, 0.15) is 6.61 Å². The van der Waals surface area contributed by atoms with Crippen molar-refractivity contribution in [1.82, 2.24) is 0 Å². The van der Waals surface area contributed by atoms with Crippen molar-refractivity contribution in [2.75, 3.05) is 20.3 Å². The molecule has 2 aromatic rings. The quantitative estimate of drug-likeness (QED) is 0.855. The maximum Gasteiger partial charge on any atom is 0.161 e. The topological polar surface area (TPSA) is 64.7 Å². The van der Waals surface area contributed by atoms with Gasteiger partial charge in [0, 0.05) is 0 Å². The zero-order chi connectivity index (χ0) is 15.3. The molecule has 112 valence electrons. The first kappa shape index (κ1) is 15.4. The molecule has 4 heteroatoms. The van der Waals surface area contributed by atoms with Crippen molar-refractivity contribution in [3.8, 4) is 11.5 Å². The van der Waals surface area contributed by atoms with Gasteiger partial charge in [-0.05, 0) is 30.2 Å². The van der Waals surface area contributed by atoms with Crippen LogP contribution in [0.5, 0.6) is 11.5 Å². The molecular formula is C17H21NO3. The summed E-state index contributed by atoms with van der Waals surface area (Å²) in [5, 5.41) is 9.65. The molecule has 2 aromatic carbocycles. The van der Waals surface area contributed by atoms with E-state index >= 15 is 0 Å². The first-order valence-corrected chi connectivity index (χ1v) is 6.82. The maximum absolute atomic E-state index is 9.65. The number of aliphatic hydroxyl groups excluding tert-OH is 1. The summed E-state index contributed by atoms with van der Waals surface area (Å²) >= 11 is 0. The Kier molecular flexibility index (Phi) is 4.83. The number of benzene rings is 2. The summed E-state index contributed by atoms with van der Waals surface area (Å²) in [5.41, 5.74) is 7.24. The molecule has 2 rings (SSSR count). The number of aliphatic hydroxyl groups is 1. The van der Waals surface area contributed by atoms with Crippen LogP contribution in [0.1, 0.15) is 11.1 Å². The van der Waals surface area contributed by atoms with Crippen molar-refractivity contribution in [3.63, 3.8) is 0 Å². The van der Waals surface area contributed by atoms with Crippen LogP contribution in [-0.4, -0.2) is 25.4 Å². The molecule has 3 N–H and O–H groups in total. The summed E-state index contributed by atoms with van der Waals surface area (Å²) in [5.74, 6) is 1.27. The summed E-state index contributed by atoms with van der Waals surface area (Å²) in [4.78, 5) is 0. The van der Waals surface area contributed by atoms with Gasteiger partial charge < -0.3 is 20.3 Å². The molecule has 0 aliphatic heterocycles. The molecule has 0 fully saturated rings. The van der Waals surface area contributed by atoms with Crippen LogP contribution in [0.4, 0.5) is 0 Å². The van der Waals surface area contributed by atoms with Crippen LogP contribution in [-0.2, 0) is 5.54 Å². The standard InChI is InChI=1S/C17H21NO3/c1-13-8-9-15(16(10-13)20-2)21-12-17(18,11-19)14-6-4-3-5-7-14/h3-10,19H,11-12,18H2,1-2H3. The van der Waals surface area contributed by atoms with Gasteiger partial charge in [-0.15, -0.1) is 0 Å². The van der Waals surface area contributed by atoms with Crippen LogP contribution >= 0.6 is 0 Å². The minimum absolute atomic E-state index is 0.160. The second kappa shape index (κ2) is 6.61. The molecular weight excluding hydrogens is 266 g/mol. The van der Waals surface area contributed by atoms with E-state index in [4.69, 9.17) is 15.2 Å². The normalized spacial score (nSPS) is 13.5. The van der Waals surface area contributed by atoms with Crippen molar-refractivity contribution < 1.29 is 14.6 Å². The second-order valence-corrected chi connectivity index (χ2v) is 5.12. The Hall–Kier alpha value is -2.04. The predicted molar refractivity (Wildman–Crippen MR) is 82.6 cm³/mol. The van der Waals surface area contributed by atoms with Gasteiger partial charge in [-0.25, -0.2) is 0 Å². The van der Waals surface area contributed by atoms with Gasteiger partial charge in [-0.1, -0.05) is 36.4 Å². The first-order valence-electron chi connectivity index (χ1n) is 6.82. The number of nitrogens with two attached hydrogens (primary N) is 1. The number of hydrogen-bond donors (Lipinski definition) is 2. The zero-order valence-corrected chi connectivity index (χ0v) is 12.4. The lowest BCUT2D eigenvalue weighted by Crippen LogP contribution is -2.46. The van der Waals surface area contributed by atoms with Gasteiger partial charge in [0.25, 0.3) is 0 Å². The lowest BCUT2D eigenvalue weighted by atomic mass is 9.93. The summed E-state index contributed by atoms with van der Waals surface area (Å²) in [6.45, 7) is 1.94. The maximum atomic E-state index is 9.65. The highest BCUT2D eigenvalue weighted by molar-refractivity contribution is 5.42. The fourth-order valence-corrected chi connectivity index (χ4v) is 2.09. The third kappa shape index (κ3) is 3.54. The molecule has 0 aliphatic carbocycles. The van der Waals surface area contributed by atoms with E-state index in [0.29, 0.717) is 11.5 Å². The fraction of sp³-hybridized carbons (Fsp3) is 0.294. The summed E-state index contributed by atoms with van der Waals surface area (Å²) in [6, 6.07) is 15.1. The van der Waals surface area contributed by atoms with Crippen LogP contribution in [0.3, 0.4) is 0 Å². The van der Waals surface area contributed by atoms with E-state index in [0.717, 1.165) is 11.1 Å². The number of rotatable bonds is 6. The summed E-state index contributed by atoms with van der Waals surface area (Å²) in [7, 11) is 1.60. The molecule has 0 heterocycles. The number of hydrogen-bond acceptors (Lipinski definition) is 4. The van der Waals surface area contributed by atoms with E-state index in [1.54, 1.807) is 7.11 Å². The Morgan fingerprint density at radius 2 is 1.81 bits per heavy atom. The molecule has 1 unspecified atom stereocenters. The van der Waals surface area contributed by atoms with E-state index in [9.17, 15) is 5.11 Å². The zero-order valence-electron chi connectivity index (χ0n) is 12.4. The molecule has 21 heavy (non-hydrogen) atoms. The third-order valence-electron chi connectivity index (χ3n) is 3.44. The van der Waals surface area contributed by atoms with Crippen molar-refractivity contribution in [2.24, 2.45) is 5.73 Å². The Morgan fingerprint density at radius 3 is 2.43 bits per heavy atom. The van der Waals surface area contributed by atoms with Crippen molar-refractivity contribution >= 4 is 0 Å². The molecule has 0 saturated carbocycles. The van der Waals surface area contributed by atoms with E-state index < -0.39 is 5.54 Å². The van der Waals surface area contributed by atoms with Gasteiger partial charge in [0.05, 0.1) is 19.3 Å². The van der Waals surface area contributed by atoms with Crippen molar-refractivity contribution in [3.05, 3.63) is 59.7 Å². The van der Waals surface area contributed by atoms with Crippen LogP contribution in [0.2, 0.25) is 0 Å². The molecule has 4 nitrogen and oxygen atoms in total. The van der Waals surface area contributed by atoms with E-state index in [1.165, 1.54) is 0 Å². The predicted octanol–water partition coefficient (Wildman–Crippen LogP) is 2.23. The smallest absolute Gasteiger partial charge is 0.161 e. The number of aryl methyl sites for hydroxylation is 1. The van der Waals surface area contributed by atoms with Crippen LogP contribution in [0, 0.1) is 6.92 Å². The molecule has 0 saturated heterocycles. The third-order valence-corrected chi connectivity index (χ3v) is 3.44. The van der Waals surface area contributed by atoms with Gasteiger partial charge in [-0.3, -0.25) is 0 Å². The molecule has 0 bridgehead atoms. The minimum Gasteiger partial charge on any atom is -0.493 e. The lowest BCUT2D eigenvalue weighted by Gasteiger charge is -2.28. The number of ether oxygens (including phenoxy) is 2. The van der Waals surface area contributed by atoms with Crippen LogP contribution in [0.15, 0.2) is 48.5 Å². The Balaban J connectivity index is 2.17. The molecule has 0 radical (unpaired) electrons. The van der Waals surface area contributed by atoms with Crippen LogP contribution in [0.25, 0.3) is 0 Å². The molecule has 0 amide bonds. The van der Waals surface area contributed by atoms with E-state index in [1.807, 2.05) is 55.5 Å². The van der Waals surface area contributed by atoms with Gasteiger partial charge in [0.2, 0.25) is 0 Å². The molecule has 0 spiro atoms. The minimum atomic E-state index is -0.947. The molecule has 0 aliphatic rings. The highest BCUT2D eigenvalue weighted by Crippen LogP contribution is 2.29. The Morgan fingerprint density at radius 1 is 1.10 bits per heavy atom. The summed E-state index contributed by atoms with van der Waals surface area (Å²) < 4.78 is 11.1. The first-order chi connectivity index (χ1) is 10.1. The monoisotopic (exact) mass is 287 g/mol. The Labute approximate surface area is 125 Å². The summed E-state index contributed by atoms with van der Waals surface area (Å²) in [6.07, 6.45) is 0. The largest absolute Gasteiger partial charge is 0.493 e. The van der Waals surface area contributed by atoms with Crippen LogP contribution < -0.4 is 15.2 Å². The SMILES string of the molecule is COc1cc(C)ccc1OCC(N)(CO)c1ccccc1. The highest BCUT2D eigenvalue weighted by atomic mass is 16.5. The van der Waals surface area contributed by atoms with Gasteiger partial charge >= 0.3 is 0 Å². The average molecular weight is 287 g/mol. The lowest BCUT2D eigenvalue weighted by molar-refractivity contribution is 0.131. The van der Waals surface area contributed by atoms with Gasteiger partial charge in [-0.2, -0.15) is 0 Å². The van der Waals surface area contributed by atoms with Gasteiger partial charge in [0.15, 0.2) is 11.5 Å². The molecule has 1 atom stereocenters.